The average molecular weight is 544 g/mol. The van der Waals surface area contributed by atoms with Crippen LogP contribution in [0.1, 0.15) is 34.4 Å². The fraction of sp³-hybridized carbons (Fsp3) is 0.304. The van der Waals surface area contributed by atoms with Crippen LogP contribution in [-0.4, -0.2) is 45.3 Å². The fourth-order valence-electron chi connectivity index (χ4n) is 3.92. The number of hydrogen-bond acceptors (Lipinski definition) is 9. The highest BCUT2D eigenvalue weighted by Crippen LogP contribution is 2.38. The maximum absolute atomic E-state index is 12.8. The van der Waals surface area contributed by atoms with Crippen LogP contribution in [0.5, 0.6) is 5.75 Å². The van der Waals surface area contributed by atoms with Gasteiger partial charge in [-0.1, -0.05) is 0 Å². The van der Waals surface area contributed by atoms with E-state index < -0.39 is 31.6 Å². The fourth-order valence-corrected chi connectivity index (χ4v) is 4.23. The summed E-state index contributed by atoms with van der Waals surface area (Å²) in [6, 6.07) is 3.65. The minimum atomic E-state index is -4.77. The van der Waals surface area contributed by atoms with Crippen molar-refractivity contribution in [2.24, 2.45) is 0 Å². The number of fused-ring (bicyclic) bond motifs is 2. The molecule has 0 bridgehead atoms. The van der Waals surface area contributed by atoms with E-state index in [-0.39, 0.29) is 53.6 Å². The van der Waals surface area contributed by atoms with Crippen molar-refractivity contribution >= 4 is 24.8 Å². The van der Waals surface area contributed by atoms with Crippen LogP contribution in [0.25, 0.3) is 22.6 Å². The number of hydrogen-bond donors (Lipinski definition) is 5. The van der Waals surface area contributed by atoms with Gasteiger partial charge in [0.05, 0.1) is 23.3 Å². The number of nitrogens with one attached hydrogen (secondary N) is 2. The van der Waals surface area contributed by atoms with Crippen molar-refractivity contribution in [3.8, 4) is 17.3 Å². The molecule has 0 fully saturated rings. The van der Waals surface area contributed by atoms with Crippen LogP contribution >= 0.6 is 7.82 Å². The van der Waals surface area contributed by atoms with Crippen LogP contribution in [0.3, 0.4) is 0 Å². The Kier molecular flexibility index (Phi) is 7.42. The van der Waals surface area contributed by atoms with Crippen molar-refractivity contribution < 1.29 is 28.8 Å². The summed E-state index contributed by atoms with van der Waals surface area (Å²) in [5.41, 5.74) is 2.07. The zero-order valence-electron chi connectivity index (χ0n) is 20.7. The number of carbonyl (C=O) groups excluding carboxylic acids is 1. The molecule has 0 spiro atoms. The summed E-state index contributed by atoms with van der Waals surface area (Å²) in [7, 11) is -4.77. The number of rotatable bonds is 8. The largest absolute Gasteiger partial charge is 0.506 e. The predicted octanol–water partition coefficient (Wildman–Crippen LogP) is 0.926. The Morgan fingerprint density at radius 3 is 2.58 bits per heavy atom. The summed E-state index contributed by atoms with van der Waals surface area (Å²) in [6.07, 6.45) is 1.21. The van der Waals surface area contributed by atoms with E-state index in [9.17, 15) is 24.1 Å². The smallest absolute Gasteiger partial charge is 0.469 e. The second kappa shape index (κ2) is 10.4. The molecule has 0 saturated heterocycles. The number of pyridine rings is 1. The molecule has 200 valence electrons. The molecule has 2 aliphatic heterocycles. The minimum Gasteiger partial charge on any atom is -0.506 e. The van der Waals surface area contributed by atoms with E-state index in [0.29, 0.717) is 11.0 Å². The lowest BCUT2D eigenvalue weighted by atomic mass is 10.1. The Bertz CT molecular complexity index is 1690. The molecule has 2 aliphatic rings. The van der Waals surface area contributed by atoms with E-state index >= 15 is 0 Å². The number of aromatic amines is 1. The van der Waals surface area contributed by atoms with Crippen molar-refractivity contribution in [2.45, 2.75) is 46.9 Å². The standard InChI is InChI=1S/C23H25N6O8P/c1-11-6-16-17(7-12(11)2)29(21-19(26-16)22(32)28-23(33)27-21)5-4-18(30)25-9-15-14(10-37-38(34,35)36)8-24-13(3)20(15)31/h6-8,31H,4-5,9-10H2,1-3H3,(H,25,30)(H,28,32,33)(H2,34,35,36). The number of aromatic hydroxyl groups is 1. The lowest BCUT2D eigenvalue weighted by Gasteiger charge is -2.18. The first-order valence-corrected chi connectivity index (χ1v) is 12.9. The van der Waals surface area contributed by atoms with Crippen LogP contribution in [-0.2, 0) is 33.6 Å². The summed E-state index contributed by atoms with van der Waals surface area (Å²) in [4.78, 5) is 69.5. The predicted molar refractivity (Wildman–Crippen MR) is 134 cm³/mol. The van der Waals surface area contributed by atoms with Crippen LogP contribution < -0.4 is 16.6 Å². The minimum absolute atomic E-state index is 0.0346. The van der Waals surface area contributed by atoms with Crippen molar-refractivity contribution in [2.75, 3.05) is 0 Å². The van der Waals surface area contributed by atoms with Crippen molar-refractivity contribution in [1.29, 1.82) is 0 Å². The molecule has 0 unspecified atom stereocenters. The third kappa shape index (κ3) is 5.78. The molecule has 5 N–H and O–H groups in total. The molecule has 14 nitrogen and oxygen atoms in total. The Labute approximate surface area is 215 Å². The van der Waals surface area contributed by atoms with E-state index in [1.807, 2.05) is 19.9 Å². The number of amides is 1. The third-order valence-electron chi connectivity index (χ3n) is 6.07. The zero-order chi connectivity index (χ0) is 27.8. The van der Waals surface area contributed by atoms with Gasteiger partial charge in [0.1, 0.15) is 5.75 Å². The van der Waals surface area contributed by atoms with Gasteiger partial charge < -0.3 is 24.8 Å². The van der Waals surface area contributed by atoms with Gasteiger partial charge >= 0.3 is 13.5 Å². The van der Waals surface area contributed by atoms with Gasteiger partial charge in [-0.2, -0.15) is 4.98 Å². The van der Waals surface area contributed by atoms with Crippen LogP contribution in [0.4, 0.5) is 0 Å². The molecule has 1 amide bonds. The highest BCUT2D eigenvalue weighted by atomic mass is 31.2. The monoisotopic (exact) mass is 544 g/mol. The second-order valence-corrected chi connectivity index (χ2v) is 9.96. The molecule has 2 aromatic rings. The Morgan fingerprint density at radius 2 is 1.87 bits per heavy atom. The van der Waals surface area contributed by atoms with E-state index in [0.717, 1.165) is 11.1 Å². The third-order valence-corrected chi connectivity index (χ3v) is 6.53. The number of aryl methyl sites for hydroxylation is 4. The average Bonchev–Trinajstić information content (AvgIpc) is 2.83. The highest BCUT2D eigenvalue weighted by molar-refractivity contribution is 7.46. The molecule has 4 rings (SSSR count). The van der Waals surface area contributed by atoms with Crippen molar-refractivity contribution in [1.82, 2.24) is 29.8 Å². The number of H-pyrrole nitrogens is 1. The number of phosphoric ester groups is 1. The molecule has 15 heteroatoms. The van der Waals surface area contributed by atoms with Gasteiger partial charge in [0.15, 0.2) is 11.5 Å². The van der Waals surface area contributed by atoms with E-state index in [2.05, 4.69) is 29.8 Å². The van der Waals surface area contributed by atoms with Crippen LogP contribution in [0.2, 0.25) is 0 Å². The van der Waals surface area contributed by atoms with Gasteiger partial charge in [0.2, 0.25) is 5.91 Å². The summed E-state index contributed by atoms with van der Waals surface area (Å²) >= 11 is 0. The SMILES string of the molecule is Cc1cc2nc3c(=O)[nH]c(=O)nc-3n(CCC(=O)NCc3c(COP(=O)(O)O)cnc(C)c3O)c2cc1C. The maximum atomic E-state index is 12.8. The van der Waals surface area contributed by atoms with Gasteiger partial charge in [-0.15, -0.1) is 0 Å². The summed E-state index contributed by atoms with van der Waals surface area (Å²) in [6.45, 7) is 4.69. The Morgan fingerprint density at radius 1 is 1.16 bits per heavy atom. The summed E-state index contributed by atoms with van der Waals surface area (Å²) in [5, 5.41) is 13.1. The second-order valence-electron chi connectivity index (χ2n) is 8.72. The molecule has 0 saturated carbocycles. The summed E-state index contributed by atoms with van der Waals surface area (Å²) in [5.74, 6) is -0.640. The maximum Gasteiger partial charge on any atom is 0.469 e. The van der Waals surface area contributed by atoms with Gasteiger partial charge in [0.25, 0.3) is 5.56 Å². The molecular formula is C23H25N6O8P. The van der Waals surface area contributed by atoms with Gasteiger partial charge in [-0.05, 0) is 44.0 Å². The number of nitrogens with zero attached hydrogens (tertiary/aromatic N) is 4. The van der Waals surface area contributed by atoms with Gasteiger partial charge in [0, 0.05) is 36.8 Å². The molecule has 0 atom stereocenters. The van der Waals surface area contributed by atoms with E-state index in [1.54, 1.807) is 10.6 Å². The lowest BCUT2D eigenvalue weighted by molar-refractivity contribution is -0.121. The van der Waals surface area contributed by atoms with E-state index in [1.165, 1.54) is 13.1 Å². The quantitative estimate of drug-likeness (QED) is 0.156. The molecular weight excluding hydrogens is 519 g/mol. The number of aromatic nitrogens is 5. The van der Waals surface area contributed by atoms with Gasteiger partial charge in [-0.3, -0.25) is 24.1 Å². The Balaban J connectivity index is 1.60. The summed E-state index contributed by atoms with van der Waals surface area (Å²) < 4.78 is 17.2. The van der Waals surface area contributed by atoms with E-state index in [4.69, 9.17) is 9.79 Å². The number of phosphoric acid groups is 1. The molecule has 0 aliphatic carbocycles. The zero-order valence-corrected chi connectivity index (χ0v) is 21.6. The topological polar surface area (TPSA) is 210 Å². The van der Waals surface area contributed by atoms with Gasteiger partial charge in [-0.25, -0.2) is 14.3 Å². The molecule has 38 heavy (non-hydrogen) atoms. The number of carbonyl (C=O) groups is 1. The first kappa shape index (κ1) is 27.1. The number of benzene rings is 1. The van der Waals surface area contributed by atoms with Crippen molar-refractivity contribution in [3.05, 3.63) is 67.1 Å². The highest BCUT2D eigenvalue weighted by Gasteiger charge is 2.21. The van der Waals surface area contributed by atoms with Crippen LogP contribution in [0.15, 0.2) is 27.9 Å². The normalized spacial score (nSPS) is 11.8. The lowest BCUT2D eigenvalue weighted by Crippen LogP contribution is -2.30. The molecule has 3 heterocycles. The van der Waals surface area contributed by atoms with Crippen molar-refractivity contribution in [3.63, 3.8) is 0 Å². The first-order chi connectivity index (χ1) is 17.8. The van der Waals surface area contributed by atoms with Crippen LogP contribution in [0, 0.1) is 20.8 Å². The molecule has 1 aromatic heterocycles. The Hall–Kier alpha value is -3.97. The first-order valence-electron chi connectivity index (χ1n) is 11.4. The molecule has 0 radical (unpaired) electrons. The molecule has 1 aromatic carbocycles.